The van der Waals surface area contributed by atoms with Crippen molar-refractivity contribution < 1.29 is 28.6 Å². The quantitative estimate of drug-likeness (QED) is 0.330. The number of halogens is 1. The standard InChI is InChI=1S/C29H32ClN3O6S/c1-37-23-12-11-19(15-24(23)38-2)27(29(36)31-16-21-8-5-13-39-21)33(18-20-7-3-4-9-22(20)30)26(34)17-32-28(35)25-10-6-14-40-25/h3-4,6-7,9-12,14-15,21,27H,5,8,13,16-18H2,1-2H3,(H,31,36)(H,32,35)/t21-,27-/m0/s1. The van der Waals surface area contributed by atoms with Gasteiger partial charge in [-0.25, -0.2) is 0 Å². The van der Waals surface area contributed by atoms with E-state index in [4.69, 9.17) is 25.8 Å². The number of amides is 3. The van der Waals surface area contributed by atoms with Crippen LogP contribution in [0.4, 0.5) is 0 Å². The summed E-state index contributed by atoms with van der Waals surface area (Å²) in [5.74, 6) is -0.332. The number of nitrogens with zero attached hydrogens (tertiary/aromatic N) is 1. The first kappa shape index (κ1) is 29.4. The molecule has 0 unspecified atom stereocenters. The third-order valence-electron chi connectivity index (χ3n) is 6.58. The number of ether oxygens (including phenoxy) is 3. The summed E-state index contributed by atoms with van der Waals surface area (Å²) in [6.07, 6.45) is 1.69. The molecule has 9 nitrogen and oxygen atoms in total. The second-order valence-electron chi connectivity index (χ2n) is 9.17. The van der Waals surface area contributed by atoms with Crippen molar-refractivity contribution in [1.29, 1.82) is 0 Å². The molecule has 4 rings (SSSR count). The van der Waals surface area contributed by atoms with Crippen molar-refractivity contribution in [3.63, 3.8) is 0 Å². The molecule has 2 N–H and O–H groups in total. The first-order valence-corrected chi connectivity index (χ1v) is 14.1. The predicted molar refractivity (Wildman–Crippen MR) is 153 cm³/mol. The zero-order valence-corrected chi connectivity index (χ0v) is 23.9. The topological polar surface area (TPSA) is 106 Å². The summed E-state index contributed by atoms with van der Waals surface area (Å²) in [5, 5.41) is 7.88. The highest BCUT2D eigenvalue weighted by molar-refractivity contribution is 7.12. The molecule has 1 aromatic heterocycles. The molecule has 3 amide bonds. The van der Waals surface area contributed by atoms with E-state index in [-0.39, 0.29) is 25.1 Å². The van der Waals surface area contributed by atoms with E-state index in [9.17, 15) is 14.4 Å². The fourth-order valence-electron chi connectivity index (χ4n) is 4.50. The number of nitrogens with one attached hydrogen (secondary N) is 2. The zero-order chi connectivity index (χ0) is 28.5. The lowest BCUT2D eigenvalue weighted by Crippen LogP contribution is -2.48. The Morgan fingerprint density at radius 3 is 2.55 bits per heavy atom. The number of rotatable bonds is 12. The van der Waals surface area contributed by atoms with E-state index in [2.05, 4.69) is 10.6 Å². The Kier molecular flexibility index (Phi) is 10.4. The number of carbonyl (C=O) groups excluding carboxylic acids is 3. The Labute approximate surface area is 242 Å². The van der Waals surface area contributed by atoms with Gasteiger partial charge < -0.3 is 29.7 Å². The number of thiophene rings is 1. The molecule has 1 saturated heterocycles. The molecule has 0 saturated carbocycles. The van der Waals surface area contributed by atoms with E-state index in [1.807, 2.05) is 6.07 Å². The van der Waals surface area contributed by atoms with Gasteiger partial charge in [0.1, 0.15) is 6.04 Å². The maximum absolute atomic E-state index is 13.8. The van der Waals surface area contributed by atoms with Gasteiger partial charge in [-0.15, -0.1) is 11.3 Å². The van der Waals surface area contributed by atoms with Crippen molar-refractivity contribution in [2.75, 3.05) is 33.9 Å². The molecule has 212 valence electrons. The second kappa shape index (κ2) is 14.2. The Morgan fingerprint density at radius 2 is 1.88 bits per heavy atom. The molecule has 2 atom stereocenters. The fraction of sp³-hybridized carbons (Fsp3) is 0.345. The maximum atomic E-state index is 13.8. The van der Waals surface area contributed by atoms with Gasteiger partial charge in [-0.05, 0) is 53.6 Å². The van der Waals surface area contributed by atoms with Crippen molar-refractivity contribution in [1.82, 2.24) is 15.5 Å². The average Bonchev–Trinajstić information content (AvgIpc) is 3.70. The summed E-state index contributed by atoms with van der Waals surface area (Å²) in [6, 6.07) is 14.6. The van der Waals surface area contributed by atoms with E-state index >= 15 is 0 Å². The van der Waals surface area contributed by atoms with E-state index in [1.54, 1.807) is 53.9 Å². The first-order chi connectivity index (χ1) is 19.4. The fourth-order valence-corrected chi connectivity index (χ4v) is 5.33. The molecule has 0 radical (unpaired) electrons. The normalized spacial score (nSPS) is 15.2. The third kappa shape index (κ3) is 7.32. The van der Waals surface area contributed by atoms with Gasteiger partial charge in [0.2, 0.25) is 11.8 Å². The Morgan fingerprint density at radius 1 is 1.07 bits per heavy atom. The van der Waals surface area contributed by atoms with E-state index in [0.29, 0.717) is 45.7 Å². The molecule has 40 heavy (non-hydrogen) atoms. The summed E-state index contributed by atoms with van der Waals surface area (Å²) in [5.41, 5.74) is 1.16. The summed E-state index contributed by atoms with van der Waals surface area (Å²) >= 11 is 7.75. The van der Waals surface area contributed by atoms with Crippen LogP contribution < -0.4 is 20.1 Å². The third-order valence-corrected chi connectivity index (χ3v) is 7.81. The van der Waals surface area contributed by atoms with Crippen molar-refractivity contribution >= 4 is 40.7 Å². The molecule has 0 aliphatic carbocycles. The maximum Gasteiger partial charge on any atom is 0.261 e. The van der Waals surface area contributed by atoms with Gasteiger partial charge in [-0.2, -0.15) is 0 Å². The van der Waals surface area contributed by atoms with Gasteiger partial charge in [0.15, 0.2) is 11.5 Å². The molecule has 0 bridgehead atoms. The molecule has 2 heterocycles. The molecule has 0 spiro atoms. The van der Waals surface area contributed by atoms with Crippen LogP contribution >= 0.6 is 22.9 Å². The van der Waals surface area contributed by atoms with Gasteiger partial charge >= 0.3 is 0 Å². The minimum atomic E-state index is -1.07. The number of benzene rings is 2. The number of hydrogen-bond donors (Lipinski definition) is 2. The van der Waals surface area contributed by atoms with Crippen LogP contribution in [-0.2, 0) is 20.9 Å². The average molecular weight is 586 g/mol. The number of hydrogen-bond acceptors (Lipinski definition) is 7. The van der Waals surface area contributed by atoms with Crippen molar-refractivity contribution in [2.45, 2.75) is 31.5 Å². The summed E-state index contributed by atoms with van der Waals surface area (Å²) < 4.78 is 16.5. The van der Waals surface area contributed by atoms with Gasteiger partial charge in [-0.1, -0.05) is 41.9 Å². The van der Waals surface area contributed by atoms with E-state index < -0.39 is 17.9 Å². The van der Waals surface area contributed by atoms with Gasteiger partial charge in [0.05, 0.1) is 31.7 Å². The molecular formula is C29H32ClN3O6S. The van der Waals surface area contributed by atoms with Crippen molar-refractivity contribution in [2.24, 2.45) is 0 Å². The van der Waals surface area contributed by atoms with Crippen LogP contribution in [0.1, 0.15) is 39.7 Å². The largest absolute Gasteiger partial charge is 0.493 e. The first-order valence-electron chi connectivity index (χ1n) is 12.9. The highest BCUT2D eigenvalue weighted by Crippen LogP contribution is 2.33. The van der Waals surface area contributed by atoms with E-state index in [0.717, 1.165) is 12.8 Å². The van der Waals surface area contributed by atoms with Gasteiger partial charge in [0, 0.05) is 24.7 Å². The molecule has 1 aliphatic rings. The molecule has 11 heteroatoms. The lowest BCUT2D eigenvalue weighted by molar-refractivity contribution is -0.141. The lowest BCUT2D eigenvalue weighted by atomic mass is 10.0. The molecule has 1 fully saturated rings. The highest BCUT2D eigenvalue weighted by Gasteiger charge is 2.33. The van der Waals surface area contributed by atoms with Crippen molar-refractivity contribution in [3.8, 4) is 11.5 Å². The summed E-state index contributed by atoms with van der Waals surface area (Å²) in [6.45, 7) is 0.677. The van der Waals surface area contributed by atoms with E-state index in [1.165, 1.54) is 30.5 Å². The zero-order valence-electron chi connectivity index (χ0n) is 22.4. The van der Waals surface area contributed by atoms with Crippen LogP contribution in [0.3, 0.4) is 0 Å². The monoisotopic (exact) mass is 585 g/mol. The van der Waals surface area contributed by atoms with Gasteiger partial charge in [-0.3, -0.25) is 14.4 Å². The Bertz CT molecular complexity index is 1310. The smallest absolute Gasteiger partial charge is 0.261 e. The molecule has 1 aliphatic heterocycles. The van der Waals surface area contributed by atoms with Gasteiger partial charge in [0.25, 0.3) is 5.91 Å². The summed E-state index contributed by atoms with van der Waals surface area (Å²) in [7, 11) is 3.02. The minimum absolute atomic E-state index is 0.0275. The number of carbonyl (C=O) groups is 3. The van der Waals surface area contributed by atoms with Crippen LogP contribution in [0.15, 0.2) is 60.0 Å². The summed E-state index contributed by atoms with van der Waals surface area (Å²) in [4.78, 5) is 42.2. The van der Waals surface area contributed by atoms with Crippen LogP contribution in [0.25, 0.3) is 0 Å². The van der Waals surface area contributed by atoms with Crippen LogP contribution in [0.5, 0.6) is 11.5 Å². The molecule has 2 aromatic carbocycles. The lowest BCUT2D eigenvalue weighted by Gasteiger charge is -2.32. The second-order valence-corrected chi connectivity index (χ2v) is 10.5. The SMILES string of the molecule is COc1ccc([C@@H](C(=O)NC[C@@H]2CCCO2)N(Cc2ccccc2Cl)C(=O)CNC(=O)c2cccs2)cc1OC. The van der Waals surface area contributed by atoms with Crippen LogP contribution in [0.2, 0.25) is 5.02 Å². The highest BCUT2D eigenvalue weighted by atomic mass is 35.5. The molecular weight excluding hydrogens is 554 g/mol. The molecule has 3 aromatic rings. The Balaban J connectivity index is 1.69. The van der Waals surface area contributed by atoms with Crippen LogP contribution in [0, 0.1) is 0 Å². The minimum Gasteiger partial charge on any atom is -0.493 e. The van der Waals surface area contributed by atoms with Crippen LogP contribution in [-0.4, -0.2) is 62.6 Å². The number of methoxy groups -OCH3 is 2. The Hall–Kier alpha value is -3.60. The predicted octanol–water partition coefficient (Wildman–Crippen LogP) is 4.21. The van der Waals surface area contributed by atoms with Crippen molar-refractivity contribution in [3.05, 3.63) is 81.0 Å².